The molecule has 0 bridgehead atoms. The Balaban J connectivity index is 1.13. The number of rotatable bonds is 5. The average Bonchev–Trinajstić information content (AvgIpc) is 3.64. The van der Waals surface area contributed by atoms with Gasteiger partial charge in [-0.2, -0.15) is 0 Å². The van der Waals surface area contributed by atoms with Crippen molar-refractivity contribution in [3.8, 4) is 0 Å². The van der Waals surface area contributed by atoms with Crippen molar-refractivity contribution < 1.29 is 33.6 Å². The van der Waals surface area contributed by atoms with Gasteiger partial charge in [0.05, 0.1) is 12.1 Å². The highest BCUT2D eigenvalue weighted by Gasteiger charge is 2.74. The van der Waals surface area contributed by atoms with Crippen LogP contribution in [0.1, 0.15) is 78.0 Å². The number of azide groups is 1. The van der Waals surface area contributed by atoms with E-state index in [1.807, 2.05) is 6.08 Å². The lowest BCUT2D eigenvalue weighted by molar-refractivity contribution is -0.210. The molecule has 11 atom stereocenters. The lowest BCUT2D eigenvalue weighted by Gasteiger charge is -2.60. The summed E-state index contributed by atoms with van der Waals surface area (Å²) in [4.78, 5) is 55.9. The van der Waals surface area contributed by atoms with Crippen molar-refractivity contribution >= 4 is 11.8 Å². The van der Waals surface area contributed by atoms with E-state index in [9.17, 15) is 29.8 Å². The number of ether oxygens (including phenoxy) is 4. The van der Waals surface area contributed by atoms with Crippen LogP contribution in [0.5, 0.6) is 0 Å². The zero-order valence-corrected chi connectivity index (χ0v) is 27.9. The Labute approximate surface area is 277 Å². The summed E-state index contributed by atoms with van der Waals surface area (Å²) in [7, 11) is 0. The third-order valence-electron chi connectivity index (χ3n) is 12.4. The number of aliphatic hydroxyl groups is 1. The number of carbonyl (C=O) groups excluding carboxylic acids is 2. The molecule has 258 valence electrons. The van der Waals surface area contributed by atoms with Crippen molar-refractivity contribution in [3.63, 3.8) is 0 Å². The monoisotopic (exact) mass is 665 g/mol. The van der Waals surface area contributed by atoms with E-state index in [4.69, 9.17) is 18.9 Å². The molecule has 0 radical (unpaired) electrons. The fourth-order valence-corrected chi connectivity index (χ4v) is 10.3. The molecule has 7 rings (SSSR count). The SMILES string of the molecule is Cc1cn(C2CC(N=[N+]=[N-])C(COC(=O)C3OC(C)(C)O[C@@]34CC[C@H]3[C@@H]5CCC6=CC(=O)C=C[C@]6(C)[C@H]5[C@@H](O)C[C@@]34C)O2)c(=O)[nH]c1=O. The van der Waals surface area contributed by atoms with Gasteiger partial charge in [0.2, 0.25) is 0 Å². The highest BCUT2D eigenvalue weighted by atomic mass is 16.8. The topological polar surface area (TPSA) is 195 Å². The van der Waals surface area contributed by atoms with E-state index in [1.165, 1.54) is 10.8 Å². The molecule has 4 unspecified atom stereocenters. The number of aromatic amines is 1. The standard InChI is InChI=1S/C34H43N5O9/c1-17-15-39(30(44)36-28(17)42)25-13-22(37-38-35)24(46-25)16-45-29(43)27-34(48-31(2,3)47-27)11-9-21-20-7-6-18-12-19(40)8-10-32(18,4)26(20)23(41)14-33(21,34)5/h8,10,12,15,20-27,41H,6-7,9,11,13-14,16H2,1-5H3,(H,36,42,44)/t20-,21-,22?,23-,24?,25?,26+,27?,32-,33-,34-/m0/s1. The molecule has 0 amide bonds. The third kappa shape index (κ3) is 4.86. The van der Waals surface area contributed by atoms with E-state index in [2.05, 4.69) is 28.9 Å². The predicted molar refractivity (Wildman–Crippen MR) is 169 cm³/mol. The third-order valence-corrected chi connectivity index (χ3v) is 12.4. The first-order valence-electron chi connectivity index (χ1n) is 16.8. The molecule has 1 aromatic rings. The van der Waals surface area contributed by atoms with E-state index in [-0.39, 0.29) is 36.6 Å². The number of nitrogens with zero attached hydrogens (tertiary/aromatic N) is 4. The molecule has 48 heavy (non-hydrogen) atoms. The lowest BCUT2D eigenvalue weighted by atomic mass is 9.46. The molecule has 5 fully saturated rings. The van der Waals surface area contributed by atoms with Crippen molar-refractivity contribution in [2.45, 2.75) is 115 Å². The van der Waals surface area contributed by atoms with E-state index in [0.29, 0.717) is 18.4 Å². The van der Waals surface area contributed by atoms with Gasteiger partial charge in [-0.05, 0) is 82.4 Å². The molecule has 2 saturated heterocycles. The van der Waals surface area contributed by atoms with Crippen LogP contribution in [0.15, 0.2) is 44.7 Å². The Morgan fingerprint density at radius 3 is 2.75 bits per heavy atom. The van der Waals surface area contributed by atoms with Crippen LogP contribution in [-0.2, 0) is 28.5 Å². The summed E-state index contributed by atoms with van der Waals surface area (Å²) in [5.74, 6) is -1.54. The number of ketones is 1. The smallest absolute Gasteiger partial charge is 0.338 e. The molecular formula is C34H43N5O9. The molecule has 3 saturated carbocycles. The molecule has 14 nitrogen and oxygen atoms in total. The summed E-state index contributed by atoms with van der Waals surface area (Å²) < 4.78 is 26.2. The largest absolute Gasteiger partial charge is 0.461 e. The molecule has 3 heterocycles. The number of H-pyrrole nitrogens is 1. The summed E-state index contributed by atoms with van der Waals surface area (Å²) >= 11 is 0. The van der Waals surface area contributed by atoms with Crippen LogP contribution in [0.3, 0.4) is 0 Å². The van der Waals surface area contributed by atoms with Crippen molar-refractivity contribution in [2.24, 2.45) is 33.7 Å². The minimum atomic E-state index is -1.10. The van der Waals surface area contributed by atoms with Crippen molar-refractivity contribution in [1.82, 2.24) is 9.55 Å². The minimum Gasteiger partial charge on any atom is -0.461 e. The van der Waals surface area contributed by atoms with Gasteiger partial charge in [-0.3, -0.25) is 19.1 Å². The van der Waals surface area contributed by atoms with Gasteiger partial charge in [0.1, 0.15) is 24.5 Å². The van der Waals surface area contributed by atoms with Crippen LogP contribution in [0.4, 0.5) is 0 Å². The Hall–Kier alpha value is -3.55. The van der Waals surface area contributed by atoms with Crippen LogP contribution in [0.2, 0.25) is 0 Å². The molecule has 2 N–H and O–H groups in total. The quantitative estimate of drug-likeness (QED) is 0.205. The second-order valence-corrected chi connectivity index (χ2v) is 15.4. The van der Waals surface area contributed by atoms with Gasteiger partial charge in [-0.1, -0.05) is 30.6 Å². The first kappa shape index (κ1) is 33.0. The molecular weight excluding hydrogens is 622 g/mol. The first-order valence-corrected chi connectivity index (χ1v) is 16.8. The Bertz CT molecular complexity index is 1780. The Kier molecular flexibility index (Phi) is 7.72. The zero-order chi connectivity index (χ0) is 34.4. The van der Waals surface area contributed by atoms with Crippen molar-refractivity contribution in [2.75, 3.05) is 6.61 Å². The van der Waals surface area contributed by atoms with Gasteiger partial charge in [-0.25, -0.2) is 9.59 Å². The van der Waals surface area contributed by atoms with E-state index < -0.39 is 70.0 Å². The van der Waals surface area contributed by atoms with Gasteiger partial charge >= 0.3 is 11.7 Å². The highest BCUT2D eigenvalue weighted by Crippen LogP contribution is 2.70. The Morgan fingerprint density at radius 2 is 2.00 bits per heavy atom. The predicted octanol–water partition coefficient (Wildman–Crippen LogP) is 3.52. The maximum Gasteiger partial charge on any atom is 0.338 e. The molecule has 1 aromatic heterocycles. The molecule has 14 heteroatoms. The summed E-state index contributed by atoms with van der Waals surface area (Å²) in [6.45, 7) is 9.08. The first-order chi connectivity index (χ1) is 22.6. The van der Waals surface area contributed by atoms with Crippen LogP contribution in [0, 0.1) is 35.5 Å². The fourth-order valence-electron chi connectivity index (χ4n) is 10.3. The number of nitrogens with one attached hydrogen (secondary N) is 1. The second-order valence-electron chi connectivity index (χ2n) is 15.4. The van der Waals surface area contributed by atoms with E-state index in [1.54, 1.807) is 32.9 Å². The Morgan fingerprint density at radius 1 is 1.23 bits per heavy atom. The minimum absolute atomic E-state index is 0.0133. The maximum atomic E-state index is 14.1. The van der Waals surface area contributed by atoms with Crippen LogP contribution < -0.4 is 11.2 Å². The molecule has 4 aliphatic carbocycles. The summed E-state index contributed by atoms with van der Waals surface area (Å²) in [5, 5.41) is 15.8. The summed E-state index contributed by atoms with van der Waals surface area (Å²) in [6.07, 6.45) is 6.68. The van der Waals surface area contributed by atoms with Gasteiger partial charge in [0.25, 0.3) is 5.56 Å². The van der Waals surface area contributed by atoms with Gasteiger partial charge in [0.15, 0.2) is 17.7 Å². The van der Waals surface area contributed by atoms with E-state index in [0.717, 1.165) is 24.8 Å². The number of hydrogen-bond acceptors (Lipinski definition) is 10. The number of carbonyl (C=O) groups is 2. The summed E-state index contributed by atoms with van der Waals surface area (Å²) in [6, 6.07) is -0.743. The van der Waals surface area contributed by atoms with Gasteiger partial charge in [-0.15, -0.1) is 0 Å². The number of fused-ring (bicyclic) bond motifs is 6. The molecule has 0 aromatic carbocycles. The van der Waals surface area contributed by atoms with Crippen LogP contribution in [0.25, 0.3) is 10.4 Å². The van der Waals surface area contributed by atoms with Crippen molar-refractivity contribution in [1.29, 1.82) is 0 Å². The number of esters is 1. The highest BCUT2D eigenvalue weighted by molar-refractivity contribution is 6.01. The molecule has 2 aliphatic heterocycles. The summed E-state index contributed by atoms with van der Waals surface area (Å²) in [5.41, 5.74) is 7.33. The zero-order valence-electron chi connectivity index (χ0n) is 27.9. The number of aromatic nitrogens is 2. The second kappa shape index (κ2) is 11.2. The number of hydrogen-bond donors (Lipinski definition) is 2. The number of allylic oxidation sites excluding steroid dienone is 4. The van der Waals surface area contributed by atoms with Crippen LogP contribution >= 0.6 is 0 Å². The average molecular weight is 666 g/mol. The molecule has 6 aliphatic rings. The van der Waals surface area contributed by atoms with Gasteiger partial charge in [0, 0.05) is 39.8 Å². The van der Waals surface area contributed by atoms with Crippen LogP contribution in [-0.4, -0.2) is 68.8 Å². The lowest BCUT2D eigenvalue weighted by Crippen LogP contribution is -2.63. The normalized spacial score (nSPS) is 42.5. The van der Waals surface area contributed by atoms with Crippen molar-refractivity contribution in [3.05, 3.63) is 66.8 Å². The number of aryl methyl sites for hydroxylation is 1. The van der Waals surface area contributed by atoms with Gasteiger partial charge < -0.3 is 24.1 Å². The van der Waals surface area contributed by atoms with E-state index >= 15 is 0 Å². The molecule has 1 spiro atoms. The fraction of sp³-hybridized carbons (Fsp3) is 0.706. The maximum absolute atomic E-state index is 14.1. The number of aliphatic hydroxyl groups excluding tert-OH is 1.